The summed E-state index contributed by atoms with van der Waals surface area (Å²) in [6.45, 7) is 4.24. The van der Waals surface area contributed by atoms with Gasteiger partial charge in [0.05, 0.1) is 41.8 Å². The molecule has 0 amide bonds. The van der Waals surface area contributed by atoms with Gasteiger partial charge in [-0.25, -0.2) is 0 Å². The molecule has 1 saturated heterocycles. The van der Waals surface area contributed by atoms with E-state index in [1.54, 1.807) is 13.3 Å². The molecule has 0 radical (unpaired) electrons. The van der Waals surface area contributed by atoms with Gasteiger partial charge < -0.3 is 19.5 Å². The number of anilines is 1. The van der Waals surface area contributed by atoms with Crippen LogP contribution in [-0.2, 0) is 0 Å². The number of methoxy groups -OCH3 is 1. The molecule has 1 aliphatic heterocycles. The molecule has 0 saturated carbocycles. The highest BCUT2D eigenvalue weighted by Gasteiger charge is 2.42. The second-order valence-corrected chi connectivity index (χ2v) is 8.98. The molecule has 1 aromatic carbocycles. The number of ether oxygens (including phenoxy) is 1. The number of thiocarbonyl (C=S) groups is 1. The molecule has 2 atom stereocenters. The van der Waals surface area contributed by atoms with E-state index in [-0.39, 0.29) is 12.1 Å². The van der Waals surface area contributed by atoms with Gasteiger partial charge in [-0.2, -0.15) is 0 Å². The number of benzene rings is 1. The van der Waals surface area contributed by atoms with E-state index in [9.17, 15) is 0 Å². The summed E-state index contributed by atoms with van der Waals surface area (Å²) in [7, 11) is 1.61. The van der Waals surface area contributed by atoms with Gasteiger partial charge in [-0.05, 0) is 80.2 Å². The maximum absolute atomic E-state index is 6.50. The number of pyridine rings is 2. The van der Waals surface area contributed by atoms with Crippen molar-refractivity contribution >= 4 is 34.6 Å². The van der Waals surface area contributed by atoms with E-state index >= 15 is 0 Å². The van der Waals surface area contributed by atoms with Gasteiger partial charge >= 0.3 is 0 Å². The zero-order chi connectivity index (χ0) is 23.8. The zero-order valence-electron chi connectivity index (χ0n) is 19.1. The van der Waals surface area contributed by atoms with E-state index in [4.69, 9.17) is 28.6 Å². The fraction of sp³-hybridized carbons (Fsp3) is 0.192. The minimum atomic E-state index is -0.141. The lowest BCUT2D eigenvalue weighted by atomic mass is 9.96. The topological polar surface area (TPSA) is 55.2 Å². The van der Waals surface area contributed by atoms with Gasteiger partial charge in [0.15, 0.2) is 5.11 Å². The number of nitrogens with zero attached hydrogens (tertiary/aromatic N) is 4. The van der Waals surface area contributed by atoms with Gasteiger partial charge in [0.1, 0.15) is 5.75 Å². The average Bonchev–Trinajstić information content (AvgIpc) is 3.35. The molecule has 8 heteroatoms. The average molecular weight is 490 g/mol. The normalized spacial score (nSPS) is 17.6. The Morgan fingerprint density at radius 3 is 2.56 bits per heavy atom. The molecular formula is C26H24ClN5OS. The molecule has 1 fully saturated rings. The van der Waals surface area contributed by atoms with Crippen molar-refractivity contribution < 1.29 is 4.74 Å². The number of rotatable bonds is 5. The van der Waals surface area contributed by atoms with Gasteiger partial charge in [-0.1, -0.05) is 17.7 Å². The largest absolute Gasteiger partial charge is 0.495 e. The van der Waals surface area contributed by atoms with Crippen LogP contribution in [0.2, 0.25) is 5.02 Å². The molecule has 5 rings (SSSR count). The van der Waals surface area contributed by atoms with Gasteiger partial charge in [-0.3, -0.25) is 9.97 Å². The monoisotopic (exact) mass is 489 g/mol. The number of hydrogen-bond donors (Lipinski definition) is 1. The highest BCUT2D eigenvalue weighted by molar-refractivity contribution is 7.80. The van der Waals surface area contributed by atoms with Crippen LogP contribution >= 0.6 is 23.8 Å². The smallest absolute Gasteiger partial charge is 0.174 e. The first kappa shape index (κ1) is 22.4. The summed E-state index contributed by atoms with van der Waals surface area (Å²) in [6.07, 6.45) is 5.46. The summed E-state index contributed by atoms with van der Waals surface area (Å²) in [5.41, 5.74) is 6.21. The third-order valence-corrected chi connectivity index (χ3v) is 6.81. The Kier molecular flexibility index (Phi) is 5.98. The van der Waals surface area contributed by atoms with Crippen molar-refractivity contribution in [3.8, 4) is 11.4 Å². The van der Waals surface area contributed by atoms with E-state index in [0.29, 0.717) is 15.9 Å². The van der Waals surface area contributed by atoms with Crippen molar-refractivity contribution in [2.75, 3.05) is 12.0 Å². The van der Waals surface area contributed by atoms with Gasteiger partial charge in [-0.15, -0.1) is 0 Å². The predicted octanol–water partition coefficient (Wildman–Crippen LogP) is 5.72. The fourth-order valence-corrected chi connectivity index (χ4v) is 5.32. The van der Waals surface area contributed by atoms with Gasteiger partial charge in [0.25, 0.3) is 0 Å². The highest BCUT2D eigenvalue weighted by atomic mass is 35.5. The molecule has 1 aliphatic rings. The van der Waals surface area contributed by atoms with Crippen LogP contribution in [0.25, 0.3) is 5.69 Å². The first-order chi connectivity index (χ1) is 16.5. The Morgan fingerprint density at radius 1 is 1.03 bits per heavy atom. The number of halogens is 1. The number of hydrogen-bond acceptors (Lipinski definition) is 4. The van der Waals surface area contributed by atoms with Crippen LogP contribution in [0.5, 0.6) is 5.75 Å². The lowest BCUT2D eigenvalue weighted by molar-refractivity contribution is 0.415. The molecule has 34 heavy (non-hydrogen) atoms. The molecule has 0 spiro atoms. The minimum Gasteiger partial charge on any atom is -0.495 e. The van der Waals surface area contributed by atoms with E-state index < -0.39 is 0 Å². The summed E-state index contributed by atoms with van der Waals surface area (Å²) in [5.74, 6) is 0.621. The molecule has 172 valence electrons. The number of aryl methyl sites for hydroxylation is 1. The Balaban J connectivity index is 1.68. The van der Waals surface area contributed by atoms with Crippen LogP contribution in [0.3, 0.4) is 0 Å². The second kappa shape index (κ2) is 9.08. The zero-order valence-corrected chi connectivity index (χ0v) is 20.6. The van der Waals surface area contributed by atoms with E-state index in [1.807, 2.05) is 54.9 Å². The molecule has 3 aromatic heterocycles. The minimum absolute atomic E-state index is 0.136. The lowest BCUT2D eigenvalue weighted by Gasteiger charge is -2.28. The van der Waals surface area contributed by atoms with Crippen molar-refractivity contribution in [3.63, 3.8) is 0 Å². The van der Waals surface area contributed by atoms with E-state index in [2.05, 4.69) is 50.7 Å². The molecule has 4 aromatic rings. The summed E-state index contributed by atoms with van der Waals surface area (Å²) in [4.78, 5) is 11.1. The number of aromatic nitrogens is 3. The van der Waals surface area contributed by atoms with Crippen molar-refractivity contribution in [2.24, 2.45) is 0 Å². The molecule has 0 bridgehead atoms. The summed E-state index contributed by atoms with van der Waals surface area (Å²) >= 11 is 12.4. The fourth-order valence-electron chi connectivity index (χ4n) is 4.72. The Hall–Kier alpha value is -3.42. The SMILES string of the molecule is COc1ccc(N2C(=S)NC(c3ccccn3)C2c2cc(C)n(-c3cccnc3)c2C)cc1Cl. The van der Waals surface area contributed by atoms with Gasteiger partial charge in [0.2, 0.25) is 0 Å². The molecule has 2 unspecified atom stereocenters. The second-order valence-electron chi connectivity index (χ2n) is 8.19. The summed E-state index contributed by atoms with van der Waals surface area (Å²) < 4.78 is 7.58. The van der Waals surface area contributed by atoms with Crippen LogP contribution in [0.4, 0.5) is 5.69 Å². The van der Waals surface area contributed by atoms with Crippen molar-refractivity contribution in [1.29, 1.82) is 0 Å². The standard InChI is InChI=1S/C26H24ClN5OS/c1-16-13-20(17(2)31(16)19-7-6-11-28-15-19)25-24(22-8-4-5-12-29-22)30-26(34)32(25)18-9-10-23(33-3)21(27)14-18/h4-15,24-25H,1-3H3,(H,30,34). The maximum atomic E-state index is 6.50. The first-order valence-corrected chi connectivity index (χ1v) is 11.7. The van der Waals surface area contributed by atoms with E-state index in [1.165, 1.54) is 0 Å². The third kappa shape index (κ3) is 3.81. The van der Waals surface area contributed by atoms with Crippen LogP contribution in [-0.4, -0.2) is 26.8 Å². The van der Waals surface area contributed by atoms with Gasteiger partial charge in [0, 0.05) is 29.5 Å². The van der Waals surface area contributed by atoms with Crippen LogP contribution in [0, 0.1) is 13.8 Å². The first-order valence-electron chi connectivity index (χ1n) is 10.9. The third-order valence-electron chi connectivity index (χ3n) is 6.20. The van der Waals surface area contributed by atoms with Crippen LogP contribution < -0.4 is 15.0 Å². The summed E-state index contributed by atoms with van der Waals surface area (Å²) in [5, 5.41) is 4.66. The van der Waals surface area contributed by atoms with Crippen molar-refractivity contribution in [2.45, 2.75) is 25.9 Å². The Bertz CT molecular complexity index is 1340. The Morgan fingerprint density at radius 2 is 1.88 bits per heavy atom. The van der Waals surface area contributed by atoms with Crippen LogP contribution in [0.15, 0.2) is 73.2 Å². The molecule has 6 nitrogen and oxygen atoms in total. The quantitative estimate of drug-likeness (QED) is 0.362. The molecule has 0 aliphatic carbocycles. The Labute approximate surface area is 209 Å². The number of nitrogens with one attached hydrogen (secondary N) is 1. The molecule has 4 heterocycles. The summed E-state index contributed by atoms with van der Waals surface area (Å²) in [6, 6.07) is 17.6. The predicted molar refractivity (Wildman–Crippen MR) is 139 cm³/mol. The van der Waals surface area contributed by atoms with Crippen LogP contribution in [0.1, 0.15) is 34.7 Å². The lowest BCUT2D eigenvalue weighted by Crippen LogP contribution is -2.29. The molecular weight excluding hydrogens is 466 g/mol. The van der Waals surface area contributed by atoms with E-state index in [0.717, 1.165) is 34.0 Å². The highest BCUT2D eigenvalue weighted by Crippen LogP contribution is 2.44. The van der Waals surface area contributed by atoms with Crippen molar-refractivity contribution in [3.05, 3.63) is 101 Å². The maximum Gasteiger partial charge on any atom is 0.174 e. The molecule has 1 N–H and O–H groups in total. The van der Waals surface area contributed by atoms with Crippen molar-refractivity contribution in [1.82, 2.24) is 19.9 Å².